The van der Waals surface area contributed by atoms with E-state index in [1.807, 2.05) is 42.5 Å². The zero-order valence-corrected chi connectivity index (χ0v) is 20.8. The zero-order chi connectivity index (χ0) is 23.9. The van der Waals surface area contributed by atoms with Crippen molar-refractivity contribution in [3.05, 3.63) is 87.4 Å². The highest BCUT2D eigenvalue weighted by molar-refractivity contribution is 7.17. The van der Waals surface area contributed by atoms with Crippen LogP contribution in [-0.2, 0) is 0 Å². The Morgan fingerprint density at radius 1 is 0.971 bits per heavy atom. The largest absolute Gasteiger partial charge is 0.492 e. The van der Waals surface area contributed by atoms with E-state index in [2.05, 4.69) is 25.9 Å². The monoisotopic (exact) mass is 525 g/mol. The van der Waals surface area contributed by atoms with Gasteiger partial charge in [-0.2, -0.15) is 9.50 Å². The lowest BCUT2D eigenvalue weighted by Gasteiger charge is -2.40. The number of hydrogen-bond donors (Lipinski definition) is 1. The van der Waals surface area contributed by atoms with Gasteiger partial charge in [0.1, 0.15) is 0 Å². The van der Waals surface area contributed by atoms with Gasteiger partial charge in [0.05, 0.1) is 17.2 Å². The summed E-state index contributed by atoms with van der Waals surface area (Å²) in [7, 11) is 0. The summed E-state index contributed by atoms with van der Waals surface area (Å²) in [6.07, 6.45) is 1.58. The van der Waals surface area contributed by atoms with Crippen molar-refractivity contribution in [1.82, 2.24) is 19.5 Å². The molecule has 178 valence electrons. The molecule has 1 saturated heterocycles. The molecule has 10 heteroatoms. The van der Waals surface area contributed by atoms with Crippen molar-refractivity contribution in [3.8, 4) is 17.5 Å². The van der Waals surface area contributed by atoms with Gasteiger partial charge >= 0.3 is 0 Å². The van der Waals surface area contributed by atoms with Crippen molar-refractivity contribution in [2.75, 3.05) is 31.1 Å². The predicted molar refractivity (Wildman–Crippen MR) is 139 cm³/mol. The highest BCUT2D eigenvalue weighted by Crippen LogP contribution is 2.42. The normalized spacial score (nSPS) is 15.7. The number of fused-ring (bicyclic) bond motifs is 1. The number of piperazine rings is 1. The number of aromatic hydroxyl groups is 1. The Balaban J connectivity index is 1.35. The fraction of sp³-hybridized carbons (Fsp3) is 0.200. The van der Waals surface area contributed by atoms with Crippen LogP contribution in [0.15, 0.2) is 71.3 Å². The molecule has 3 aromatic heterocycles. The van der Waals surface area contributed by atoms with Crippen molar-refractivity contribution in [1.29, 1.82) is 0 Å². The van der Waals surface area contributed by atoms with Crippen LogP contribution in [0.2, 0.25) is 10.0 Å². The van der Waals surface area contributed by atoms with Gasteiger partial charge in [-0.1, -0.05) is 58.8 Å². The second kappa shape index (κ2) is 9.20. The van der Waals surface area contributed by atoms with E-state index in [4.69, 9.17) is 27.6 Å². The highest BCUT2D eigenvalue weighted by atomic mass is 35.5. The summed E-state index contributed by atoms with van der Waals surface area (Å²) in [6, 6.07) is 19.1. The van der Waals surface area contributed by atoms with Crippen LogP contribution in [0.25, 0.3) is 16.5 Å². The molecule has 0 aliphatic carbocycles. The first kappa shape index (κ1) is 22.4. The van der Waals surface area contributed by atoms with Crippen LogP contribution in [0.1, 0.15) is 16.5 Å². The van der Waals surface area contributed by atoms with Crippen LogP contribution in [0.4, 0.5) is 5.69 Å². The second-order valence-corrected chi connectivity index (χ2v) is 10.2. The lowest BCUT2D eigenvalue weighted by Crippen LogP contribution is -2.47. The van der Waals surface area contributed by atoms with Crippen molar-refractivity contribution in [2.24, 2.45) is 0 Å². The van der Waals surface area contributed by atoms with Gasteiger partial charge in [-0.25, -0.2) is 0 Å². The summed E-state index contributed by atoms with van der Waals surface area (Å²) in [5, 5.41) is 17.1. The minimum absolute atomic E-state index is 0.0671. The van der Waals surface area contributed by atoms with E-state index >= 15 is 0 Å². The summed E-state index contributed by atoms with van der Waals surface area (Å²) >= 11 is 14.3. The summed E-state index contributed by atoms with van der Waals surface area (Å²) in [5.41, 5.74) is 2.05. The van der Waals surface area contributed by atoms with Gasteiger partial charge in [0.2, 0.25) is 16.7 Å². The predicted octanol–water partition coefficient (Wildman–Crippen LogP) is 5.97. The van der Waals surface area contributed by atoms with E-state index in [0.29, 0.717) is 21.6 Å². The molecule has 0 radical (unpaired) electrons. The number of halogens is 2. The van der Waals surface area contributed by atoms with E-state index in [0.717, 1.165) is 47.3 Å². The molecule has 0 saturated carbocycles. The van der Waals surface area contributed by atoms with Crippen LogP contribution < -0.4 is 4.90 Å². The molecule has 1 N–H and O–H groups in total. The number of nitrogens with zero attached hydrogens (tertiary/aromatic N) is 5. The third kappa shape index (κ3) is 4.16. The summed E-state index contributed by atoms with van der Waals surface area (Å²) < 4.78 is 6.89. The number of furan rings is 1. The maximum absolute atomic E-state index is 11.3. The molecule has 0 amide bonds. The van der Waals surface area contributed by atoms with Crippen molar-refractivity contribution < 1.29 is 9.52 Å². The minimum Gasteiger partial charge on any atom is -0.492 e. The summed E-state index contributed by atoms with van der Waals surface area (Å²) in [5.74, 6) is 1.06. The summed E-state index contributed by atoms with van der Waals surface area (Å²) in [6.45, 7) is 3.22. The molecule has 1 atom stereocenters. The first-order chi connectivity index (χ1) is 17.1. The lowest BCUT2D eigenvalue weighted by molar-refractivity contribution is 0.211. The Kier molecular flexibility index (Phi) is 5.89. The number of benzene rings is 2. The van der Waals surface area contributed by atoms with Crippen LogP contribution in [-0.4, -0.2) is 50.8 Å². The zero-order valence-electron chi connectivity index (χ0n) is 18.5. The molecule has 0 spiro atoms. The molecular formula is C25H21Cl2N5O2S. The van der Waals surface area contributed by atoms with Crippen molar-refractivity contribution >= 4 is 45.2 Å². The van der Waals surface area contributed by atoms with E-state index in [1.54, 1.807) is 18.4 Å². The fourth-order valence-electron chi connectivity index (χ4n) is 4.55. The van der Waals surface area contributed by atoms with E-state index in [-0.39, 0.29) is 11.9 Å². The fourth-order valence-corrected chi connectivity index (χ4v) is 6.08. The van der Waals surface area contributed by atoms with Gasteiger partial charge < -0.3 is 14.4 Å². The van der Waals surface area contributed by atoms with Gasteiger partial charge in [0.15, 0.2) is 5.76 Å². The van der Waals surface area contributed by atoms with Crippen LogP contribution in [0.3, 0.4) is 0 Å². The quantitative estimate of drug-likeness (QED) is 0.304. The van der Waals surface area contributed by atoms with Gasteiger partial charge in [-0.3, -0.25) is 4.90 Å². The summed E-state index contributed by atoms with van der Waals surface area (Å²) in [4.78, 5) is 10.6. The molecule has 1 fully saturated rings. The van der Waals surface area contributed by atoms with Gasteiger partial charge in [0.25, 0.3) is 0 Å². The van der Waals surface area contributed by atoms with Gasteiger partial charge in [-0.15, -0.1) is 5.10 Å². The molecule has 6 rings (SSSR count). The lowest BCUT2D eigenvalue weighted by atomic mass is 10.0. The number of hydrogen-bond acceptors (Lipinski definition) is 7. The first-order valence-corrected chi connectivity index (χ1v) is 12.8. The SMILES string of the molecule is Oc1c([C@H](c2ccccc2Cl)N2CCN(c3cccc(Cl)c3)CC2)sc2nc(-c3ccco3)nn12. The maximum atomic E-state index is 11.3. The highest BCUT2D eigenvalue weighted by Gasteiger charge is 2.33. The van der Waals surface area contributed by atoms with Crippen molar-refractivity contribution in [3.63, 3.8) is 0 Å². The van der Waals surface area contributed by atoms with Crippen LogP contribution >= 0.6 is 34.5 Å². The number of anilines is 1. The van der Waals surface area contributed by atoms with Gasteiger partial charge in [-0.05, 0) is 42.0 Å². The molecule has 0 unspecified atom stereocenters. The molecule has 7 nitrogen and oxygen atoms in total. The average molecular weight is 526 g/mol. The molecule has 35 heavy (non-hydrogen) atoms. The Hall–Kier alpha value is -3.04. The maximum Gasteiger partial charge on any atom is 0.230 e. The third-order valence-corrected chi connectivity index (χ3v) is 7.89. The smallest absolute Gasteiger partial charge is 0.230 e. The molecule has 0 bridgehead atoms. The molecular weight excluding hydrogens is 505 g/mol. The molecule has 4 heterocycles. The molecule has 5 aromatic rings. The molecule has 1 aliphatic rings. The third-order valence-electron chi connectivity index (χ3n) is 6.24. The van der Waals surface area contributed by atoms with E-state index < -0.39 is 0 Å². The number of rotatable bonds is 5. The van der Waals surface area contributed by atoms with Crippen molar-refractivity contribution in [2.45, 2.75) is 6.04 Å². The van der Waals surface area contributed by atoms with Crippen LogP contribution in [0, 0.1) is 0 Å². The van der Waals surface area contributed by atoms with Gasteiger partial charge in [0, 0.05) is 41.9 Å². The standard InChI is InChI=1S/C25H21Cl2N5O2S/c26-16-5-3-6-17(15-16)30-10-12-31(13-11-30)21(18-7-1-2-8-19(18)27)22-24(33)32-25(35-22)28-23(29-32)20-9-4-14-34-20/h1-9,14-15,21,33H,10-13H2/t21-/m0/s1. The van der Waals surface area contributed by atoms with Crippen LogP contribution in [0.5, 0.6) is 5.88 Å². The minimum atomic E-state index is -0.231. The Morgan fingerprint density at radius 2 is 1.80 bits per heavy atom. The molecule has 2 aromatic carbocycles. The number of thiazole rings is 1. The van der Waals surface area contributed by atoms with E-state index in [1.165, 1.54) is 15.9 Å². The Morgan fingerprint density at radius 3 is 2.51 bits per heavy atom. The Bertz CT molecular complexity index is 1470. The molecule has 1 aliphatic heterocycles. The number of aromatic nitrogens is 3. The average Bonchev–Trinajstić information content (AvgIpc) is 3.60. The topological polar surface area (TPSA) is 70.0 Å². The Labute approximate surface area is 215 Å². The van der Waals surface area contributed by atoms with E-state index in [9.17, 15) is 5.11 Å². The first-order valence-electron chi connectivity index (χ1n) is 11.2. The second-order valence-electron chi connectivity index (χ2n) is 8.32.